The Morgan fingerprint density at radius 2 is 2.06 bits per heavy atom. The standard InChI is InChI=1S/C12H13FO2S/c13-8-5-6-11(10(7-8)12(14)15)16-9-3-1-2-4-9/h5-7,9H,1-4H2,(H,14,15). The maximum Gasteiger partial charge on any atom is 0.336 e. The van der Waals surface area contributed by atoms with Crippen LogP contribution in [0.2, 0.25) is 0 Å². The predicted molar refractivity (Wildman–Crippen MR) is 61.5 cm³/mol. The molecular formula is C12H13FO2S. The van der Waals surface area contributed by atoms with Gasteiger partial charge in [-0.05, 0) is 31.0 Å². The fourth-order valence-corrected chi connectivity index (χ4v) is 3.31. The van der Waals surface area contributed by atoms with E-state index in [-0.39, 0.29) is 5.56 Å². The molecule has 0 aromatic heterocycles. The average molecular weight is 240 g/mol. The van der Waals surface area contributed by atoms with E-state index in [2.05, 4.69) is 0 Å². The maximum absolute atomic E-state index is 12.9. The lowest BCUT2D eigenvalue weighted by atomic mass is 10.2. The van der Waals surface area contributed by atoms with Gasteiger partial charge in [-0.3, -0.25) is 0 Å². The minimum atomic E-state index is -1.06. The second kappa shape index (κ2) is 4.87. The second-order valence-corrected chi connectivity index (χ2v) is 5.31. The van der Waals surface area contributed by atoms with E-state index in [9.17, 15) is 9.18 Å². The molecule has 0 atom stereocenters. The highest BCUT2D eigenvalue weighted by Gasteiger charge is 2.19. The molecule has 2 nitrogen and oxygen atoms in total. The molecule has 0 heterocycles. The Kier molecular flexibility index (Phi) is 3.49. The zero-order valence-electron chi connectivity index (χ0n) is 8.78. The number of hydrogen-bond donors (Lipinski definition) is 1. The van der Waals surface area contributed by atoms with Crippen LogP contribution in [0.1, 0.15) is 36.0 Å². The molecule has 0 saturated heterocycles. The van der Waals surface area contributed by atoms with E-state index in [4.69, 9.17) is 5.11 Å². The van der Waals surface area contributed by atoms with Crippen LogP contribution in [-0.2, 0) is 0 Å². The third-order valence-electron chi connectivity index (χ3n) is 2.77. The van der Waals surface area contributed by atoms with Crippen molar-refractivity contribution in [2.24, 2.45) is 0 Å². The predicted octanol–water partition coefficient (Wildman–Crippen LogP) is 3.56. The molecule has 0 spiro atoms. The lowest BCUT2D eigenvalue weighted by molar-refractivity contribution is 0.0692. The number of halogens is 1. The van der Waals surface area contributed by atoms with Crippen molar-refractivity contribution in [3.63, 3.8) is 0 Å². The Morgan fingerprint density at radius 3 is 2.69 bits per heavy atom. The molecular weight excluding hydrogens is 227 g/mol. The van der Waals surface area contributed by atoms with Gasteiger partial charge >= 0.3 is 5.97 Å². The van der Waals surface area contributed by atoms with Crippen molar-refractivity contribution in [1.29, 1.82) is 0 Å². The monoisotopic (exact) mass is 240 g/mol. The first-order valence-corrected chi connectivity index (χ1v) is 6.24. The van der Waals surface area contributed by atoms with Gasteiger partial charge in [-0.1, -0.05) is 12.8 Å². The number of benzene rings is 1. The third kappa shape index (κ3) is 2.55. The summed E-state index contributed by atoms with van der Waals surface area (Å²) in [6.45, 7) is 0. The summed E-state index contributed by atoms with van der Waals surface area (Å²) in [4.78, 5) is 11.6. The molecule has 2 rings (SSSR count). The van der Waals surface area contributed by atoms with Crippen LogP contribution in [0.3, 0.4) is 0 Å². The Labute approximate surface area is 97.9 Å². The van der Waals surface area contributed by atoms with E-state index >= 15 is 0 Å². The summed E-state index contributed by atoms with van der Waals surface area (Å²) in [6.07, 6.45) is 4.67. The molecule has 0 aliphatic heterocycles. The van der Waals surface area contributed by atoms with E-state index < -0.39 is 11.8 Å². The Hall–Kier alpha value is -1.03. The van der Waals surface area contributed by atoms with Crippen molar-refractivity contribution in [2.75, 3.05) is 0 Å². The van der Waals surface area contributed by atoms with Crippen LogP contribution in [0.25, 0.3) is 0 Å². The number of aromatic carboxylic acids is 1. The van der Waals surface area contributed by atoms with E-state index in [1.165, 1.54) is 18.9 Å². The van der Waals surface area contributed by atoms with Crippen molar-refractivity contribution < 1.29 is 14.3 Å². The Morgan fingerprint density at radius 1 is 1.38 bits per heavy atom. The molecule has 16 heavy (non-hydrogen) atoms. The lowest BCUT2D eigenvalue weighted by Crippen LogP contribution is -2.02. The van der Waals surface area contributed by atoms with Gasteiger partial charge < -0.3 is 5.11 Å². The maximum atomic E-state index is 12.9. The number of carboxylic acids is 1. The molecule has 1 N–H and O–H groups in total. The summed E-state index contributed by atoms with van der Waals surface area (Å²) < 4.78 is 12.9. The van der Waals surface area contributed by atoms with Gasteiger partial charge in [0.25, 0.3) is 0 Å². The van der Waals surface area contributed by atoms with Gasteiger partial charge in [0.1, 0.15) is 5.82 Å². The first kappa shape index (κ1) is 11.5. The summed E-state index contributed by atoms with van der Waals surface area (Å²) in [5, 5.41) is 9.47. The molecule has 0 bridgehead atoms. The summed E-state index contributed by atoms with van der Waals surface area (Å²) in [6, 6.07) is 3.99. The van der Waals surface area contributed by atoms with Crippen molar-refractivity contribution in [1.82, 2.24) is 0 Å². The van der Waals surface area contributed by atoms with Gasteiger partial charge in [0.05, 0.1) is 5.56 Å². The van der Waals surface area contributed by atoms with Crippen LogP contribution in [0.4, 0.5) is 4.39 Å². The number of rotatable bonds is 3. The first-order chi connectivity index (χ1) is 7.66. The van der Waals surface area contributed by atoms with Gasteiger partial charge in [0, 0.05) is 10.1 Å². The van der Waals surface area contributed by atoms with Crippen LogP contribution in [-0.4, -0.2) is 16.3 Å². The third-order valence-corrected chi connectivity index (χ3v) is 4.18. The minimum Gasteiger partial charge on any atom is -0.478 e. The SMILES string of the molecule is O=C(O)c1cc(F)ccc1SC1CCCC1. The Bertz CT molecular complexity index is 400. The van der Waals surface area contributed by atoms with Crippen molar-refractivity contribution in [3.05, 3.63) is 29.6 Å². The second-order valence-electron chi connectivity index (χ2n) is 3.97. The van der Waals surface area contributed by atoms with E-state index in [0.29, 0.717) is 10.1 Å². The summed E-state index contributed by atoms with van der Waals surface area (Å²) in [7, 11) is 0. The minimum absolute atomic E-state index is 0.0805. The van der Waals surface area contributed by atoms with E-state index in [1.807, 2.05) is 0 Å². The van der Waals surface area contributed by atoms with Crippen LogP contribution in [0, 0.1) is 5.82 Å². The summed E-state index contributed by atoms with van der Waals surface area (Å²) in [5.41, 5.74) is 0.0805. The number of thioether (sulfide) groups is 1. The quantitative estimate of drug-likeness (QED) is 0.877. The number of carboxylic acid groups (broad SMARTS) is 1. The molecule has 1 aromatic rings. The molecule has 0 amide bonds. The molecule has 1 saturated carbocycles. The van der Waals surface area contributed by atoms with Gasteiger partial charge in [-0.15, -0.1) is 11.8 Å². The van der Waals surface area contributed by atoms with Crippen LogP contribution in [0.5, 0.6) is 0 Å². The fraction of sp³-hybridized carbons (Fsp3) is 0.417. The van der Waals surface area contributed by atoms with E-state index in [1.54, 1.807) is 17.8 Å². The van der Waals surface area contributed by atoms with E-state index in [0.717, 1.165) is 18.9 Å². The van der Waals surface area contributed by atoms with Crippen LogP contribution < -0.4 is 0 Å². The van der Waals surface area contributed by atoms with Crippen molar-refractivity contribution in [3.8, 4) is 0 Å². The topological polar surface area (TPSA) is 37.3 Å². The lowest BCUT2D eigenvalue weighted by Gasteiger charge is -2.10. The van der Waals surface area contributed by atoms with Gasteiger partial charge in [0.2, 0.25) is 0 Å². The van der Waals surface area contributed by atoms with Gasteiger partial charge in [-0.25, -0.2) is 9.18 Å². The highest BCUT2D eigenvalue weighted by molar-refractivity contribution is 8.00. The van der Waals surface area contributed by atoms with Crippen LogP contribution in [0.15, 0.2) is 23.1 Å². The number of hydrogen-bond acceptors (Lipinski definition) is 2. The normalized spacial score (nSPS) is 16.6. The molecule has 1 aromatic carbocycles. The van der Waals surface area contributed by atoms with Crippen molar-refractivity contribution in [2.45, 2.75) is 35.8 Å². The molecule has 1 aliphatic carbocycles. The number of carbonyl (C=O) groups is 1. The molecule has 86 valence electrons. The molecule has 4 heteroatoms. The largest absolute Gasteiger partial charge is 0.478 e. The molecule has 0 radical (unpaired) electrons. The van der Waals surface area contributed by atoms with Gasteiger partial charge in [-0.2, -0.15) is 0 Å². The summed E-state index contributed by atoms with van der Waals surface area (Å²) >= 11 is 1.57. The average Bonchev–Trinajstić information content (AvgIpc) is 2.73. The zero-order valence-corrected chi connectivity index (χ0v) is 9.60. The molecule has 0 unspecified atom stereocenters. The highest BCUT2D eigenvalue weighted by atomic mass is 32.2. The fourth-order valence-electron chi connectivity index (χ4n) is 1.96. The molecule has 1 aliphatic rings. The molecule has 1 fully saturated rings. The van der Waals surface area contributed by atoms with Crippen molar-refractivity contribution >= 4 is 17.7 Å². The summed E-state index contributed by atoms with van der Waals surface area (Å²) in [5.74, 6) is -1.55. The van der Waals surface area contributed by atoms with Gasteiger partial charge in [0.15, 0.2) is 0 Å². The highest BCUT2D eigenvalue weighted by Crippen LogP contribution is 2.36. The zero-order chi connectivity index (χ0) is 11.5. The smallest absolute Gasteiger partial charge is 0.336 e. The van der Waals surface area contributed by atoms with Crippen LogP contribution >= 0.6 is 11.8 Å². The Balaban J connectivity index is 2.21. The first-order valence-electron chi connectivity index (χ1n) is 5.36.